The second-order valence-electron chi connectivity index (χ2n) is 3.52. The smallest absolute Gasteiger partial charge is 0.167 e. The Labute approximate surface area is 77.2 Å². The van der Waals surface area contributed by atoms with Gasteiger partial charge in [0.15, 0.2) is 6.23 Å². The summed E-state index contributed by atoms with van der Waals surface area (Å²) < 4.78 is 5.67. The molecule has 0 bridgehead atoms. The van der Waals surface area contributed by atoms with E-state index in [-0.39, 0.29) is 6.23 Å². The van der Waals surface area contributed by atoms with Gasteiger partial charge in [-0.15, -0.1) is 0 Å². The molecule has 0 amide bonds. The van der Waals surface area contributed by atoms with Gasteiger partial charge in [-0.3, -0.25) is 0 Å². The van der Waals surface area contributed by atoms with E-state index >= 15 is 0 Å². The molecule has 2 aliphatic rings. The molecule has 0 saturated carbocycles. The maximum atomic E-state index is 5.67. The molecule has 1 unspecified atom stereocenters. The molecule has 1 aliphatic heterocycles. The van der Waals surface area contributed by atoms with Crippen molar-refractivity contribution in [1.82, 2.24) is 5.32 Å². The highest BCUT2D eigenvalue weighted by atomic mass is 16.5. The van der Waals surface area contributed by atoms with Crippen LogP contribution in [0.3, 0.4) is 0 Å². The van der Waals surface area contributed by atoms with Crippen molar-refractivity contribution >= 4 is 5.70 Å². The van der Waals surface area contributed by atoms with Crippen molar-refractivity contribution < 1.29 is 4.74 Å². The van der Waals surface area contributed by atoms with Gasteiger partial charge < -0.3 is 10.1 Å². The van der Waals surface area contributed by atoms with E-state index in [1.165, 1.54) is 16.8 Å². The maximum absolute atomic E-state index is 5.67. The Morgan fingerprint density at radius 3 is 3.31 bits per heavy atom. The van der Waals surface area contributed by atoms with Gasteiger partial charge in [-0.25, -0.2) is 0 Å². The predicted molar refractivity (Wildman–Crippen MR) is 51.3 cm³/mol. The fourth-order valence-electron chi connectivity index (χ4n) is 2.03. The quantitative estimate of drug-likeness (QED) is 0.647. The summed E-state index contributed by atoms with van der Waals surface area (Å²) in [5.74, 6) is 1.02. The van der Waals surface area contributed by atoms with E-state index in [0.717, 1.165) is 12.2 Å². The van der Waals surface area contributed by atoms with Crippen LogP contribution in [0.1, 0.15) is 18.1 Å². The van der Waals surface area contributed by atoms with Crippen molar-refractivity contribution in [3.8, 4) is 5.75 Å². The molecule has 2 nitrogen and oxygen atoms in total. The number of benzene rings is 1. The van der Waals surface area contributed by atoms with Crippen molar-refractivity contribution in [3.05, 3.63) is 35.4 Å². The molecule has 0 saturated heterocycles. The Balaban J connectivity index is 2.23. The normalized spacial score (nSPS) is 22.8. The average molecular weight is 173 g/mol. The third-order valence-electron chi connectivity index (χ3n) is 2.57. The van der Waals surface area contributed by atoms with Crippen LogP contribution < -0.4 is 10.1 Å². The lowest BCUT2D eigenvalue weighted by Gasteiger charge is -2.26. The summed E-state index contributed by atoms with van der Waals surface area (Å²) in [6.45, 7) is 2.02. The van der Waals surface area contributed by atoms with E-state index in [9.17, 15) is 0 Å². The maximum Gasteiger partial charge on any atom is 0.167 e. The fraction of sp³-hybridized carbons (Fsp3) is 0.273. The number of ether oxygens (including phenoxy) is 1. The minimum atomic E-state index is 0.0899. The molecule has 0 radical (unpaired) electrons. The van der Waals surface area contributed by atoms with Crippen LogP contribution in [0.15, 0.2) is 24.3 Å². The van der Waals surface area contributed by atoms with Crippen LogP contribution in [0.4, 0.5) is 0 Å². The zero-order chi connectivity index (χ0) is 8.84. The first kappa shape index (κ1) is 7.01. The van der Waals surface area contributed by atoms with Crippen molar-refractivity contribution in [2.24, 2.45) is 0 Å². The molecular weight excluding hydrogens is 162 g/mol. The van der Waals surface area contributed by atoms with Crippen molar-refractivity contribution in [3.63, 3.8) is 0 Å². The molecule has 1 aliphatic carbocycles. The van der Waals surface area contributed by atoms with Gasteiger partial charge in [-0.05, 0) is 25.0 Å². The lowest BCUT2D eigenvalue weighted by molar-refractivity contribution is 0.194. The molecule has 3 rings (SSSR count). The van der Waals surface area contributed by atoms with Crippen LogP contribution in [-0.2, 0) is 6.42 Å². The van der Waals surface area contributed by atoms with E-state index in [4.69, 9.17) is 4.74 Å². The van der Waals surface area contributed by atoms with Gasteiger partial charge >= 0.3 is 0 Å². The van der Waals surface area contributed by atoms with E-state index in [2.05, 4.69) is 23.5 Å². The predicted octanol–water partition coefficient (Wildman–Crippen LogP) is 1.91. The Bertz CT molecular complexity index is 395. The Morgan fingerprint density at radius 1 is 1.46 bits per heavy atom. The molecule has 0 fully saturated rings. The van der Waals surface area contributed by atoms with Gasteiger partial charge in [0, 0.05) is 11.3 Å². The van der Waals surface area contributed by atoms with Crippen molar-refractivity contribution in [2.45, 2.75) is 19.6 Å². The van der Waals surface area contributed by atoms with Gasteiger partial charge in [-0.2, -0.15) is 0 Å². The number of allylic oxidation sites excluding steroid dienone is 1. The Morgan fingerprint density at radius 2 is 2.38 bits per heavy atom. The molecule has 13 heavy (non-hydrogen) atoms. The minimum Gasteiger partial charge on any atom is -0.470 e. The van der Waals surface area contributed by atoms with E-state index in [0.29, 0.717) is 0 Å². The van der Waals surface area contributed by atoms with Gasteiger partial charge in [0.2, 0.25) is 0 Å². The summed E-state index contributed by atoms with van der Waals surface area (Å²) in [5.41, 5.74) is 3.87. The van der Waals surface area contributed by atoms with Crippen LogP contribution in [-0.4, -0.2) is 6.23 Å². The zero-order valence-corrected chi connectivity index (χ0v) is 7.50. The van der Waals surface area contributed by atoms with Gasteiger partial charge in [-0.1, -0.05) is 18.2 Å². The summed E-state index contributed by atoms with van der Waals surface area (Å²) >= 11 is 0. The first-order valence-corrected chi connectivity index (χ1v) is 4.60. The number of hydrogen-bond acceptors (Lipinski definition) is 2. The standard InChI is InChI=1S/C11H11NO/c1-7-12-9-6-5-8-3-2-4-10(13-7)11(8)9/h2-4,6-7,12H,5H2,1H3. The minimum absolute atomic E-state index is 0.0899. The fourth-order valence-corrected chi connectivity index (χ4v) is 2.03. The first-order chi connectivity index (χ1) is 6.34. The topological polar surface area (TPSA) is 21.3 Å². The van der Waals surface area contributed by atoms with E-state index < -0.39 is 0 Å². The molecule has 1 N–H and O–H groups in total. The highest BCUT2D eigenvalue weighted by molar-refractivity contribution is 5.77. The van der Waals surface area contributed by atoms with Crippen molar-refractivity contribution in [2.75, 3.05) is 0 Å². The average Bonchev–Trinajstić information content (AvgIpc) is 2.50. The number of rotatable bonds is 0. The molecule has 1 aromatic carbocycles. The largest absolute Gasteiger partial charge is 0.470 e. The van der Waals surface area contributed by atoms with Gasteiger partial charge in [0.05, 0.1) is 0 Å². The first-order valence-electron chi connectivity index (χ1n) is 4.60. The third-order valence-corrected chi connectivity index (χ3v) is 2.57. The molecular formula is C11H11NO. The van der Waals surface area contributed by atoms with E-state index in [1.807, 2.05) is 13.0 Å². The van der Waals surface area contributed by atoms with Gasteiger partial charge in [0.1, 0.15) is 5.75 Å². The summed E-state index contributed by atoms with van der Waals surface area (Å²) in [6, 6.07) is 6.25. The molecule has 1 heterocycles. The summed E-state index contributed by atoms with van der Waals surface area (Å²) in [6.07, 6.45) is 3.35. The monoisotopic (exact) mass is 173 g/mol. The third kappa shape index (κ3) is 0.886. The summed E-state index contributed by atoms with van der Waals surface area (Å²) in [4.78, 5) is 0. The van der Waals surface area contributed by atoms with Crippen LogP contribution in [0.25, 0.3) is 5.70 Å². The van der Waals surface area contributed by atoms with Crippen LogP contribution in [0, 0.1) is 0 Å². The molecule has 2 heteroatoms. The summed E-state index contributed by atoms with van der Waals surface area (Å²) in [5, 5.41) is 3.31. The molecule has 1 aromatic rings. The zero-order valence-electron chi connectivity index (χ0n) is 7.50. The summed E-state index contributed by atoms with van der Waals surface area (Å²) in [7, 11) is 0. The second-order valence-corrected chi connectivity index (χ2v) is 3.52. The Hall–Kier alpha value is -1.44. The second kappa shape index (κ2) is 2.28. The van der Waals surface area contributed by atoms with Crippen LogP contribution in [0.2, 0.25) is 0 Å². The molecule has 66 valence electrons. The van der Waals surface area contributed by atoms with Crippen LogP contribution >= 0.6 is 0 Å². The van der Waals surface area contributed by atoms with Gasteiger partial charge in [0.25, 0.3) is 0 Å². The SMILES string of the molecule is CC1NC2=CCc3cccc(c32)O1. The highest BCUT2D eigenvalue weighted by Gasteiger charge is 2.24. The van der Waals surface area contributed by atoms with Crippen molar-refractivity contribution in [1.29, 1.82) is 0 Å². The highest BCUT2D eigenvalue weighted by Crippen LogP contribution is 2.36. The lowest BCUT2D eigenvalue weighted by atomic mass is 10.1. The number of nitrogens with one attached hydrogen (secondary N) is 1. The molecule has 0 aromatic heterocycles. The molecule has 1 atom stereocenters. The Kier molecular flexibility index (Phi) is 1.23. The van der Waals surface area contributed by atoms with E-state index in [1.54, 1.807) is 0 Å². The number of hydrogen-bond donors (Lipinski definition) is 1. The molecule has 0 spiro atoms. The van der Waals surface area contributed by atoms with Crippen LogP contribution in [0.5, 0.6) is 5.75 Å². The lowest BCUT2D eigenvalue weighted by Crippen LogP contribution is -2.33.